The van der Waals surface area contributed by atoms with Crippen LogP contribution in [0.2, 0.25) is 0 Å². The average Bonchev–Trinajstić information content (AvgIpc) is 2.67. The van der Waals surface area contributed by atoms with Crippen molar-refractivity contribution in [3.8, 4) is 0 Å². The molecule has 1 nitrogen and oxygen atoms in total. The Labute approximate surface area is 108 Å². The van der Waals surface area contributed by atoms with Crippen LogP contribution in [-0.4, -0.2) is 0 Å². The Morgan fingerprint density at radius 3 is 2.56 bits per heavy atom. The molecule has 0 amide bonds. The minimum atomic E-state index is -0.0174. The highest BCUT2D eigenvalue weighted by Crippen LogP contribution is 2.29. The van der Waals surface area contributed by atoms with E-state index in [-0.39, 0.29) is 6.04 Å². The molecule has 0 bridgehead atoms. The molecule has 0 fully saturated rings. The van der Waals surface area contributed by atoms with Gasteiger partial charge in [0.25, 0.3) is 0 Å². The Balaban J connectivity index is 2.40. The summed E-state index contributed by atoms with van der Waals surface area (Å²) in [6.07, 6.45) is 0. The van der Waals surface area contributed by atoms with Gasteiger partial charge in [-0.25, -0.2) is 0 Å². The van der Waals surface area contributed by atoms with E-state index in [1.165, 1.54) is 20.9 Å². The average molecular weight is 296 g/mol. The molecule has 1 aromatic heterocycles. The highest BCUT2D eigenvalue weighted by molar-refractivity contribution is 9.10. The lowest BCUT2D eigenvalue weighted by Crippen LogP contribution is -2.11. The first kappa shape index (κ1) is 11.8. The third-order valence-corrected chi connectivity index (χ3v) is 4.22. The van der Waals surface area contributed by atoms with E-state index in [1.807, 2.05) is 6.07 Å². The second kappa shape index (κ2) is 4.70. The van der Waals surface area contributed by atoms with Gasteiger partial charge in [0.1, 0.15) is 0 Å². The predicted molar refractivity (Wildman–Crippen MR) is 74.0 cm³/mol. The van der Waals surface area contributed by atoms with Gasteiger partial charge in [0.2, 0.25) is 0 Å². The van der Waals surface area contributed by atoms with Gasteiger partial charge >= 0.3 is 0 Å². The number of nitrogens with two attached hydrogens (primary N) is 1. The normalized spacial score (nSPS) is 12.8. The van der Waals surface area contributed by atoms with Crippen molar-refractivity contribution >= 4 is 27.3 Å². The summed E-state index contributed by atoms with van der Waals surface area (Å²) in [6, 6.07) is 10.5. The Hall–Kier alpha value is -0.640. The first-order valence-electron chi connectivity index (χ1n) is 5.16. The molecule has 1 atom stereocenters. The summed E-state index contributed by atoms with van der Waals surface area (Å²) in [5.74, 6) is 0. The maximum absolute atomic E-state index is 6.29. The van der Waals surface area contributed by atoms with E-state index in [4.69, 9.17) is 5.73 Å². The summed E-state index contributed by atoms with van der Waals surface area (Å²) in [7, 11) is 0. The molecule has 1 unspecified atom stereocenters. The van der Waals surface area contributed by atoms with E-state index < -0.39 is 0 Å². The Kier molecular flexibility index (Phi) is 3.47. The highest BCUT2D eigenvalue weighted by atomic mass is 79.9. The summed E-state index contributed by atoms with van der Waals surface area (Å²) >= 11 is 5.26. The molecular weight excluding hydrogens is 282 g/mol. The van der Waals surface area contributed by atoms with Crippen LogP contribution >= 0.6 is 27.3 Å². The van der Waals surface area contributed by atoms with Gasteiger partial charge in [0.05, 0.1) is 6.04 Å². The van der Waals surface area contributed by atoms with Crippen molar-refractivity contribution in [3.05, 3.63) is 55.7 Å². The molecule has 2 rings (SSSR count). The number of thiophene rings is 1. The van der Waals surface area contributed by atoms with Gasteiger partial charge in [-0.3, -0.25) is 0 Å². The molecule has 0 aliphatic carbocycles. The van der Waals surface area contributed by atoms with Crippen LogP contribution in [0.5, 0.6) is 0 Å². The Bertz CT molecular complexity index is 504. The molecule has 1 heterocycles. The zero-order chi connectivity index (χ0) is 11.7. The van der Waals surface area contributed by atoms with Crippen molar-refractivity contribution in [1.29, 1.82) is 0 Å². The second-order valence-electron chi connectivity index (χ2n) is 3.93. The van der Waals surface area contributed by atoms with Crippen LogP contribution in [0.15, 0.2) is 34.8 Å². The lowest BCUT2D eigenvalue weighted by molar-refractivity contribution is 0.881. The first-order chi connectivity index (χ1) is 7.58. The fraction of sp³-hybridized carbons (Fsp3) is 0.231. The topological polar surface area (TPSA) is 26.0 Å². The fourth-order valence-electron chi connectivity index (χ4n) is 1.72. The van der Waals surface area contributed by atoms with Crippen LogP contribution in [-0.2, 0) is 0 Å². The molecule has 0 spiro atoms. The van der Waals surface area contributed by atoms with Gasteiger partial charge in [-0.15, -0.1) is 11.3 Å². The largest absolute Gasteiger partial charge is 0.320 e. The van der Waals surface area contributed by atoms with Crippen molar-refractivity contribution in [1.82, 2.24) is 0 Å². The third kappa shape index (κ3) is 2.37. The van der Waals surface area contributed by atoms with Crippen LogP contribution in [0.25, 0.3) is 0 Å². The van der Waals surface area contributed by atoms with E-state index in [2.05, 4.69) is 54.0 Å². The minimum Gasteiger partial charge on any atom is -0.320 e. The summed E-state index contributed by atoms with van der Waals surface area (Å²) in [6.45, 7) is 4.21. The van der Waals surface area contributed by atoms with Crippen LogP contribution in [0.4, 0.5) is 0 Å². The standard InChI is InChI=1S/C13H14BrNS/c1-8-3-5-10(14)7-11(8)13(15)12-6-4-9(2)16-12/h3-7,13H,15H2,1-2H3. The summed E-state index contributed by atoms with van der Waals surface area (Å²) in [4.78, 5) is 2.52. The van der Waals surface area contributed by atoms with Crippen LogP contribution in [0.1, 0.15) is 26.9 Å². The van der Waals surface area contributed by atoms with Crippen molar-refractivity contribution < 1.29 is 0 Å². The molecule has 84 valence electrons. The van der Waals surface area contributed by atoms with Gasteiger partial charge < -0.3 is 5.73 Å². The molecule has 0 aliphatic heterocycles. The van der Waals surface area contributed by atoms with Gasteiger partial charge in [0, 0.05) is 14.2 Å². The Morgan fingerprint density at radius 1 is 1.19 bits per heavy atom. The molecule has 16 heavy (non-hydrogen) atoms. The van der Waals surface area contributed by atoms with E-state index >= 15 is 0 Å². The van der Waals surface area contributed by atoms with E-state index in [1.54, 1.807) is 11.3 Å². The number of benzene rings is 1. The fourth-order valence-corrected chi connectivity index (χ4v) is 3.00. The molecule has 0 aliphatic rings. The highest BCUT2D eigenvalue weighted by Gasteiger charge is 2.13. The molecule has 0 saturated carbocycles. The summed E-state index contributed by atoms with van der Waals surface area (Å²) < 4.78 is 1.08. The number of aryl methyl sites for hydroxylation is 2. The first-order valence-corrected chi connectivity index (χ1v) is 6.77. The van der Waals surface area contributed by atoms with Gasteiger partial charge in [-0.1, -0.05) is 22.0 Å². The van der Waals surface area contributed by atoms with E-state index in [0.29, 0.717) is 0 Å². The number of hydrogen-bond donors (Lipinski definition) is 1. The summed E-state index contributed by atoms with van der Waals surface area (Å²) in [5.41, 5.74) is 8.72. The van der Waals surface area contributed by atoms with Gasteiger partial charge in [-0.2, -0.15) is 0 Å². The maximum Gasteiger partial charge on any atom is 0.0649 e. The van der Waals surface area contributed by atoms with E-state index in [0.717, 1.165) is 4.47 Å². The predicted octanol–water partition coefficient (Wildman–Crippen LogP) is 4.18. The zero-order valence-electron chi connectivity index (χ0n) is 9.33. The second-order valence-corrected chi connectivity index (χ2v) is 6.16. The van der Waals surface area contributed by atoms with Gasteiger partial charge in [0.15, 0.2) is 0 Å². The molecule has 3 heteroatoms. The number of hydrogen-bond acceptors (Lipinski definition) is 2. The number of rotatable bonds is 2. The van der Waals surface area contributed by atoms with Gasteiger partial charge in [-0.05, 0) is 49.2 Å². The quantitative estimate of drug-likeness (QED) is 0.884. The van der Waals surface area contributed by atoms with E-state index in [9.17, 15) is 0 Å². The molecule has 0 saturated heterocycles. The third-order valence-electron chi connectivity index (χ3n) is 2.64. The van der Waals surface area contributed by atoms with Crippen molar-refractivity contribution in [2.24, 2.45) is 5.73 Å². The molecule has 2 N–H and O–H groups in total. The molecule has 2 aromatic rings. The van der Waals surface area contributed by atoms with Crippen molar-refractivity contribution in [2.75, 3.05) is 0 Å². The minimum absolute atomic E-state index is 0.0174. The molecule has 0 radical (unpaired) electrons. The monoisotopic (exact) mass is 295 g/mol. The molecule has 1 aromatic carbocycles. The maximum atomic E-state index is 6.29. The molecular formula is C13H14BrNS. The zero-order valence-corrected chi connectivity index (χ0v) is 11.7. The van der Waals surface area contributed by atoms with Crippen molar-refractivity contribution in [3.63, 3.8) is 0 Å². The number of halogens is 1. The Morgan fingerprint density at radius 2 is 1.94 bits per heavy atom. The van der Waals surface area contributed by atoms with Crippen molar-refractivity contribution in [2.45, 2.75) is 19.9 Å². The van der Waals surface area contributed by atoms with Crippen LogP contribution in [0.3, 0.4) is 0 Å². The lowest BCUT2D eigenvalue weighted by Gasteiger charge is -2.13. The van der Waals surface area contributed by atoms with Crippen LogP contribution in [0, 0.1) is 13.8 Å². The lowest BCUT2D eigenvalue weighted by atomic mass is 10.0. The SMILES string of the molecule is Cc1ccc(C(N)c2cc(Br)ccc2C)s1. The smallest absolute Gasteiger partial charge is 0.0649 e. The summed E-state index contributed by atoms with van der Waals surface area (Å²) in [5, 5.41) is 0. The van der Waals surface area contributed by atoms with Crippen LogP contribution < -0.4 is 5.73 Å².